The van der Waals surface area contributed by atoms with E-state index in [0.717, 1.165) is 45.4 Å². The lowest BCUT2D eigenvalue weighted by Gasteiger charge is -2.20. The van der Waals surface area contributed by atoms with Crippen LogP contribution in [0.3, 0.4) is 0 Å². The lowest BCUT2D eigenvalue weighted by atomic mass is 9.86. The van der Waals surface area contributed by atoms with Gasteiger partial charge in [-0.3, -0.25) is 9.97 Å². The van der Waals surface area contributed by atoms with E-state index in [-0.39, 0.29) is 0 Å². The molecule has 0 aliphatic rings. The summed E-state index contributed by atoms with van der Waals surface area (Å²) in [6.45, 7) is 44.1. The summed E-state index contributed by atoms with van der Waals surface area (Å²) in [7, 11) is 8.49. The van der Waals surface area contributed by atoms with Gasteiger partial charge in [0.1, 0.15) is 23.3 Å². The molecular weight excluding hydrogens is 1380 g/mol. The molecule has 0 saturated heterocycles. The fourth-order valence-electron chi connectivity index (χ4n) is 16.6. The first kappa shape index (κ1) is 79.3. The van der Waals surface area contributed by atoms with Crippen molar-refractivity contribution in [3.05, 3.63) is 309 Å². The van der Waals surface area contributed by atoms with Crippen molar-refractivity contribution in [3.8, 4) is 67.5 Å². The predicted molar refractivity (Wildman–Crippen MR) is 469 cm³/mol. The highest BCUT2D eigenvalue weighted by molar-refractivity contribution is 5.94. The molecule has 574 valence electrons. The topological polar surface area (TPSA) is 86.8 Å². The summed E-state index contributed by atoms with van der Waals surface area (Å²) < 4.78 is 18.1. The summed E-state index contributed by atoms with van der Waals surface area (Å²) >= 11 is 0. The minimum absolute atomic E-state index is 0.374. The van der Waals surface area contributed by atoms with Crippen LogP contribution in [0.4, 0.5) is 0 Å². The van der Waals surface area contributed by atoms with Gasteiger partial charge in [-0.25, -0.2) is 9.97 Å². The molecule has 0 spiro atoms. The Balaban J connectivity index is 0.000000135. The molecule has 113 heavy (non-hydrogen) atoms. The van der Waals surface area contributed by atoms with Gasteiger partial charge < -0.3 is 0 Å². The molecule has 0 amide bonds. The number of rotatable bonds is 13. The first-order chi connectivity index (χ1) is 54.1. The van der Waals surface area contributed by atoms with Crippen LogP contribution in [0.2, 0.25) is 0 Å². The SMILES string of the molecule is Cc1cc(-c2c(-c3ccccc3)cccc2-c2ccccc2)nc(C)c1-[n+]1c2ccccc2c(C)n1C.Cc1cc(-c2c(C(C)C)cccc2C(C)C)nc(C)c1-[n+]1c2ccccc2c(C)n1C.Cc1cc(C(C)C)nc(C(C)C)c1-[n+]1c2ccccc2c(C)n1C.Cc1cc(C(C)C)ncc1-[n+]1c2ccccc2c(C)n1C. The maximum atomic E-state index is 5.28. The Morgan fingerprint density at radius 3 is 1.00 bits per heavy atom. The smallest absolute Gasteiger partial charge is 0.254 e. The summed E-state index contributed by atoms with van der Waals surface area (Å²) in [5.74, 6) is 2.16. The molecule has 0 aliphatic heterocycles. The molecule has 0 aliphatic carbocycles. The number of hydrogen-bond donors (Lipinski definition) is 0. The quantitative estimate of drug-likeness (QED) is 0.108. The summed E-state index contributed by atoms with van der Waals surface area (Å²) in [5, 5.41) is 5.11. The molecule has 12 nitrogen and oxygen atoms in total. The van der Waals surface area contributed by atoms with E-state index in [0.29, 0.717) is 29.6 Å². The van der Waals surface area contributed by atoms with Crippen LogP contribution in [-0.2, 0) is 28.2 Å². The van der Waals surface area contributed by atoms with Crippen LogP contribution in [0.15, 0.2) is 225 Å². The van der Waals surface area contributed by atoms with Gasteiger partial charge in [-0.05, 0) is 175 Å². The number of hydrogen-bond acceptors (Lipinski definition) is 4. The van der Waals surface area contributed by atoms with E-state index < -0.39 is 0 Å². The highest BCUT2D eigenvalue weighted by Crippen LogP contribution is 2.42. The molecule has 16 aromatic rings. The molecule has 8 heterocycles. The van der Waals surface area contributed by atoms with Crippen molar-refractivity contribution in [1.29, 1.82) is 0 Å². The number of aromatic nitrogens is 12. The number of aryl methyl sites for hydroxylation is 10. The van der Waals surface area contributed by atoms with Gasteiger partial charge in [0.25, 0.3) is 22.7 Å². The maximum absolute atomic E-state index is 5.28. The summed E-state index contributed by atoms with van der Waals surface area (Å²) in [4.78, 5) is 20.1. The molecule has 0 saturated carbocycles. The van der Waals surface area contributed by atoms with E-state index in [9.17, 15) is 0 Å². The maximum Gasteiger partial charge on any atom is 0.260 e. The third-order valence-electron chi connectivity index (χ3n) is 23.0. The summed E-state index contributed by atoms with van der Waals surface area (Å²) in [6.07, 6.45) is 2.00. The zero-order valence-electron chi connectivity index (χ0n) is 71.1. The minimum Gasteiger partial charge on any atom is -0.254 e. The Morgan fingerprint density at radius 2 is 0.628 bits per heavy atom. The first-order valence-corrected chi connectivity index (χ1v) is 40.3. The monoisotopic (exact) mass is 1490 g/mol. The number of para-hydroxylation sites is 4. The normalized spacial score (nSPS) is 11.6. The van der Waals surface area contributed by atoms with E-state index in [1.165, 1.54) is 150 Å². The average Bonchev–Trinajstić information content (AvgIpc) is 1.61. The van der Waals surface area contributed by atoms with Crippen LogP contribution in [0.1, 0.15) is 183 Å². The van der Waals surface area contributed by atoms with Gasteiger partial charge in [0.2, 0.25) is 22.1 Å². The molecule has 12 heteroatoms. The van der Waals surface area contributed by atoms with Gasteiger partial charge in [-0.15, -0.1) is 0 Å². The Kier molecular flexibility index (Phi) is 23.1. The summed E-state index contributed by atoms with van der Waals surface area (Å²) in [5.41, 5.74) is 37.2. The van der Waals surface area contributed by atoms with Crippen LogP contribution in [0, 0.1) is 69.2 Å². The highest BCUT2D eigenvalue weighted by atomic mass is 15.4. The van der Waals surface area contributed by atoms with Crippen LogP contribution < -0.4 is 18.7 Å². The Bertz CT molecular complexity index is 6080. The molecular formula is C101H114N12+4. The number of fused-ring (bicyclic) bond motifs is 4. The number of benzene rings is 8. The zero-order valence-corrected chi connectivity index (χ0v) is 71.1. The standard InChI is InChI=1S/C34H30N3.C28H34N3.C21H28N3.C18H22N3/c1-23-22-31(35-24(2)34(23)37-32-21-12-11-18-28(32)25(3)36(37)4)33-29(26-14-7-5-8-15-26)19-13-20-30(33)27-16-9-6-10-17-27;1-17(2)22-13-11-14-23(18(3)4)27(22)25-16-19(5)28(20(6)29-25)31-26-15-10-9-12-24(26)21(7)30(31)8;1-13(2)18-12-15(5)21(20(22-18)14(3)4)24-19-11-9-8-10-17(19)16(6)23(24)7;1-12(2)16-10-13(3)18(11-19-16)21-17-9-7-6-8-15(17)14(4)20(21)5/h5-22H,1-4H3;9-18H,1-8H3;8-14H,1-7H3;6-12H,1-5H3/q4*+1. The first-order valence-electron chi connectivity index (χ1n) is 40.3. The third kappa shape index (κ3) is 15.1. The average molecular weight is 1500 g/mol. The van der Waals surface area contributed by atoms with Crippen molar-refractivity contribution in [3.63, 3.8) is 0 Å². The Morgan fingerprint density at radius 1 is 0.292 bits per heavy atom. The van der Waals surface area contributed by atoms with Gasteiger partial charge in [-0.2, -0.15) is 18.7 Å². The lowest BCUT2D eigenvalue weighted by molar-refractivity contribution is -0.659. The third-order valence-corrected chi connectivity index (χ3v) is 23.0. The molecule has 8 aromatic heterocycles. The van der Waals surface area contributed by atoms with Gasteiger partial charge in [-0.1, -0.05) is 234 Å². The van der Waals surface area contributed by atoms with Gasteiger partial charge in [0.05, 0.1) is 83.9 Å². The van der Waals surface area contributed by atoms with E-state index >= 15 is 0 Å². The van der Waals surface area contributed by atoms with Crippen molar-refractivity contribution in [2.24, 2.45) is 28.2 Å². The second kappa shape index (κ2) is 32.9. The Labute approximate surface area is 670 Å². The second-order valence-electron chi connectivity index (χ2n) is 32.3. The molecule has 8 aromatic carbocycles. The van der Waals surface area contributed by atoms with Crippen molar-refractivity contribution in [2.45, 2.75) is 168 Å². The summed E-state index contributed by atoms with van der Waals surface area (Å²) in [6, 6.07) is 77.8. The lowest BCUT2D eigenvalue weighted by Crippen LogP contribution is -2.42. The van der Waals surface area contributed by atoms with Crippen LogP contribution in [0.5, 0.6) is 0 Å². The van der Waals surface area contributed by atoms with Crippen molar-refractivity contribution in [1.82, 2.24) is 38.7 Å². The number of nitrogens with zero attached hydrogens (tertiary/aromatic N) is 12. The second-order valence-corrected chi connectivity index (χ2v) is 32.3. The molecule has 0 unspecified atom stereocenters. The van der Waals surface area contributed by atoms with E-state index in [4.69, 9.17) is 15.0 Å². The zero-order chi connectivity index (χ0) is 80.7. The molecule has 0 N–H and O–H groups in total. The molecule has 0 bridgehead atoms. The highest BCUT2D eigenvalue weighted by Gasteiger charge is 2.33. The van der Waals surface area contributed by atoms with Gasteiger partial charge in [0, 0.05) is 75.0 Å². The van der Waals surface area contributed by atoms with Crippen LogP contribution >= 0.6 is 0 Å². The molecule has 0 radical (unpaired) electrons. The predicted octanol–water partition coefficient (Wildman–Crippen LogP) is 22.8. The van der Waals surface area contributed by atoms with Crippen LogP contribution in [0.25, 0.3) is 111 Å². The van der Waals surface area contributed by atoms with Crippen molar-refractivity contribution in [2.75, 3.05) is 0 Å². The molecule has 0 atom stereocenters. The fraction of sp³-hybridized carbons (Fsp3) is 0.287. The van der Waals surface area contributed by atoms with E-state index in [1.807, 2.05) is 6.20 Å². The fourth-order valence-corrected chi connectivity index (χ4v) is 16.6. The van der Waals surface area contributed by atoms with Crippen molar-refractivity contribution >= 4 is 43.6 Å². The van der Waals surface area contributed by atoms with E-state index in [1.54, 1.807) is 0 Å². The Hall–Kier alpha value is -11.8. The van der Waals surface area contributed by atoms with Crippen LogP contribution in [-0.4, -0.2) is 38.7 Å². The van der Waals surface area contributed by atoms with E-state index in [2.05, 4.69) is 427 Å². The van der Waals surface area contributed by atoms with Crippen molar-refractivity contribution < 1.29 is 18.7 Å². The largest absolute Gasteiger partial charge is 0.260 e. The van der Waals surface area contributed by atoms with Gasteiger partial charge >= 0.3 is 0 Å². The molecule has 0 fully saturated rings. The minimum atomic E-state index is 0.374. The molecule has 16 rings (SSSR count). The number of pyridine rings is 4. The van der Waals surface area contributed by atoms with Gasteiger partial charge in [0.15, 0.2) is 0 Å².